The minimum absolute atomic E-state index is 0.123. The molecule has 0 saturated carbocycles. The Hall–Kier alpha value is -1.55. The number of benzene rings is 1. The van der Waals surface area contributed by atoms with Crippen molar-refractivity contribution in [3.05, 3.63) is 29.3 Å². The average Bonchev–Trinajstić information content (AvgIpc) is 2.63. The number of imide groups is 1. The number of carbonyl (C=O) groups is 2. The highest BCUT2D eigenvalue weighted by Crippen LogP contribution is 2.31. The van der Waals surface area contributed by atoms with E-state index in [1.807, 2.05) is 0 Å². The van der Waals surface area contributed by atoms with Gasteiger partial charge in [-0.3, -0.25) is 4.79 Å². The molecule has 2 fully saturated rings. The number of fused-ring (bicyclic) bond motifs is 1. The van der Waals surface area contributed by atoms with E-state index in [4.69, 9.17) is 11.6 Å². The summed E-state index contributed by atoms with van der Waals surface area (Å²) in [6.45, 7) is 0.673. The van der Waals surface area contributed by atoms with E-state index < -0.39 is 0 Å². The van der Waals surface area contributed by atoms with E-state index in [0.717, 1.165) is 19.3 Å². The lowest BCUT2D eigenvalue weighted by Crippen LogP contribution is -2.39. The summed E-state index contributed by atoms with van der Waals surface area (Å²) in [5.74, 6) is -0.123. The molecule has 3 rings (SSSR count). The van der Waals surface area contributed by atoms with Crippen molar-refractivity contribution in [1.29, 1.82) is 0 Å². The maximum absolute atomic E-state index is 12.3. The van der Waals surface area contributed by atoms with E-state index in [1.165, 1.54) is 4.90 Å². The maximum atomic E-state index is 12.3. The third-order valence-corrected chi connectivity index (χ3v) is 3.75. The molecule has 2 heterocycles. The molecule has 5 heteroatoms. The van der Waals surface area contributed by atoms with E-state index in [1.54, 1.807) is 29.2 Å². The largest absolute Gasteiger partial charge is 0.332 e. The van der Waals surface area contributed by atoms with Gasteiger partial charge in [-0.05, 0) is 37.5 Å². The van der Waals surface area contributed by atoms with Crippen LogP contribution >= 0.6 is 11.6 Å². The summed E-state index contributed by atoms with van der Waals surface area (Å²) in [5, 5.41) is 0.526. The summed E-state index contributed by atoms with van der Waals surface area (Å²) < 4.78 is 0. The summed E-state index contributed by atoms with van der Waals surface area (Å²) in [5.41, 5.74) is 0.562. The van der Waals surface area contributed by atoms with Gasteiger partial charge in [0.15, 0.2) is 0 Å². The van der Waals surface area contributed by atoms with Crippen LogP contribution in [0.4, 0.5) is 10.5 Å². The summed E-state index contributed by atoms with van der Waals surface area (Å²) in [7, 11) is 0. The Bertz CT molecular complexity index is 493. The predicted molar refractivity (Wildman–Crippen MR) is 68.7 cm³/mol. The molecule has 0 aromatic heterocycles. The SMILES string of the molecule is O=C1C2CCCCN2C(=O)N1c1cccc(Cl)c1. The number of anilines is 1. The zero-order chi connectivity index (χ0) is 12.7. The van der Waals surface area contributed by atoms with Crippen LogP contribution in [0.25, 0.3) is 0 Å². The van der Waals surface area contributed by atoms with Gasteiger partial charge in [-0.25, -0.2) is 9.69 Å². The molecule has 1 atom stereocenters. The quantitative estimate of drug-likeness (QED) is 0.732. The molecule has 3 amide bonds. The Morgan fingerprint density at radius 1 is 1.22 bits per heavy atom. The van der Waals surface area contributed by atoms with Crippen LogP contribution in [0.3, 0.4) is 0 Å². The monoisotopic (exact) mass is 264 g/mol. The summed E-state index contributed by atoms with van der Waals surface area (Å²) >= 11 is 5.91. The number of halogens is 1. The molecule has 1 unspecified atom stereocenters. The Balaban J connectivity index is 1.97. The molecule has 0 bridgehead atoms. The van der Waals surface area contributed by atoms with Gasteiger partial charge < -0.3 is 4.90 Å². The molecule has 2 aliphatic rings. The van der Waals surface area contributed by atoms with Gasteiger partial charge in [0.1, 0.15) is 6.04 Å². The molecule has 1 aromatic rings. The van der Waals surface area contributed by atoms with Gasteiger partial charge in [0.2, 0.25) is 0 Å². The highest BCUT2D eigenvalue weighted by atomic mass is 35.5. The number of urea groups is 1. The molecule has 94 valence electrons. The lowest BCUT2D eigenvalue weighted by molar-refractivity contribution is -0.120. The molecule has 2 saturated heterocycles. The second kappa shape index (κ2) is 4.28. The van der Waals surface area contributed by atoms with Crippen molar-refractivity contribution in [1.82, 2.24) is 4.90 Å². The molecule has 0 spiro atoms. The van der Waals surface area contributed by atoms with Gasteiger partial charge in [-0.1, -0.05) is 17.7 Å². The van der Waals surface area contributed by atoms with E-state index in [0.29, 0.717) is 17.3 Å². The lowest BCUT2D eigenvalue weighted by atomic mass is 10.0. The number of hydrogen-bond acceptors (Lipinski definition) is 2. The molecule has 1 aromatic carbocycles. The number of amides is 3. The minimum atomic E-state index is -0.273. The minimum Gasteiger partial charge on any atom is -0.312 e. The molecule has 0 aliphatic carbocycles. The maximum Gasteiger partial charge on any atom is 0.332 e. The zero-order valence-corrected chi connectivity index (χ0v) is 10.6. The number of piperidine rings is 1. The standard InChI is InChI=1S/C13H13ClN2O2/c14-9-4-3-5-10(8-9)16-12(17)11-6-1-2-7-15(11)13(16)18/h3-5,8,11H,1-2,6-7H2. The van der Waals surface area contributed by atoms with Crippen LogP contribution in [0.5, 0.6) is 0 Å². The van der Waals surface area contributed by atoms with Crippen molar-refractivity contribution < 1.29 is 9.59 Å². The van der Waals surface area contributed by atoms with Gasteiger partial charge in [-0.2, -0.15) is 0 Å². The first-order chi connectivity index (χ1) is 8.68. The van der Waals surface area contributed by atoms with Gasteiger partial charge in [0.25, 0.3) is 5.91 Å². The van der Waals surface area contributed by atoms with Crippen LogP contribution in [-0.2, 0) is 4.79 Å². The Kier molecular flexibility index (Phi) is 2.74. The van der Waals surface area contributed by atoms with E-state index in [9.17, 15) is 9.59 Å². The topological polar surface area (TPSA) is 40.6 Å². The fraction of sp³-hybridized carbons (Fsp3) is 0.385. The van der Waals surface area contributed by atoms with Crippen molar-refractivity contribution in [3.8, 4) is 0 Å². The lowest BCUT2D eigenvalue weighted by Gasteiger charge is -2.25. The first-order valence-electron chi connectivity index (χ1n) is 6.08. The number of carbonyl (C=O) groups excluding carboxylic acids is 2. The fourth-order valence-electron chi connectivity index (χ4n) is 2.64. The molecule has 2 aliphatic heterocycles. The van der Waals surface area contributed by atoms with E-state index >= 15 is 0 Å². The number of rotatable bonds is 1. The average molecular weight is 265 g/mol. The first-order valence-corrected chi connectivity index (χ1v) is 6.46. The molecule has 18 heavy (non-hydrogen) atoms. The smallest absolute Gasteiger partial charge is 0.312 e. The normalized spacial score (nSPS) is 23.5. The Labute approximate surface area is 110 Å². The molecule has 0 N–H and O–H groups in total. The van der Waals surface area contributed by atoms with Crippen molar-refractivity contribution in [2.75, 3.05) is 11.4 Å². The zero-order valence-electron chi connectivity index (χ0n) is 9.80. The third kappa shape index (κ3) is 1.68. The second-order valence-corrected chi connectivity index (χ2v) is 5.08. The van der Waals surface area contributed by atoms with Gasteiger partial charge in [-0.15, -0.1) is 0 Å². The van der Waals surface area contributed by atoms with Crippen LogP contribution in [0.2, 0.25) is 5.02 Å². The van der Waals surface area contributed by atoms with Crippen molar-refractivity contribution >= 4 is 29.2 Å². The molecule has 0 radical (unpaired) electrons. The van der Waals surface area contributed by atoms with Gasteiger partial charge in [0, 0.05) is 11.6 Å². The van der Waals surface area contributed by atoms with E-state index in [2.05, 4.69) is 0 Å². The van der Waals surface area contributed by atoms with Crippen molar-refractivity contribution in [2.24, 2.45) is 0 Å². The first kappa shape index (κ1) is 11.5. The van der Waals surface area contributed by atoms with Crippen LogP contribution < -0.4 is 4.90 Å². The molecular weight excluding hydrogens is 252 g/mol. The summed E-state index contributed by atoms with van der Waals surface area (Å²) in [6, 6.07) is 6.37. The molecular formula is C13H13ClN2O2. The highest BCUT2D eigenvalue weighted by molar-refractivity contribution is 6.31. The summed E-state index contributed by atoms with van der Waals surface area (Å²) in [4.78, 5) is 27.5. The molecule has 4 nitrogen and oxygen atoms in total. The Morgan fingerprint density at radius 3 is 2.78 bits per heavy atom. The van der Waals surface area contributed by atoms with Gasteiger partial charge >= 0.3 is 6.03 Å². The predicted octanol–water partition coefficient (Wildman–Crippen LogP) is 2.66. The van der Waals surface area contributed by atoms with Crippen LogP contribution in [0.15, 0.2) is 24.3 Å². The van der Waals surface area contributed by atoms with Crippen molar-refractivity contribution in [2.45, 2.75) is 25.3 Å². The van der Waals surface area contributed by atoms with Crippen molar-refractivity contribution in [3.63, 3.8) is 0 Å². The summed E-state index contributed by atoms with van der Waals surface area (Å²) in [6.07, 6.45) is 2.74. The number of hydrogen-bond donors (Lipinski definition) is 0. The van der Waals surface area contributed by atoms with Crippen LogP contribution in [0.1, 0.15) is 19.3 Å². The van der Waals surface area contributed by atoms with Crippen LogP contribution in [0, 0.1) is 0 Å². The van der Waals surface area contributed by atoms with Crippen LogP contribution in [-0.4, -0.2) is 29.4 Å². The Morgan fingerprint density at radius 2 is 2.06 bits per heavy atom. The van der Waals surface area contributed by atoms with Gasteiger partial charge in [0.05, 0.1) is 5.69 Å². The number of nitrogens with zero attached hydrogens (tertiary/aromatic N) is 2. The third-order valence-electron chi connectivity index (χ3n) is 3.51. The fourth-order valence-corrected chi connectivity index (χ4v) is 2.83. The van der Waals surface area contributed by atoms with E-state index in [-0.39, 0.29) is 18.0 Å². The second-order valence-electron chi connectivity index (χ2n) is 4.64. The highest BCUT2D eigenvalue weighted by Gasteiger charge is 2.46.